The predicted octanol–water partition coefficient (Wildman–Crippen LogP) is 0.566. The monoisotopic (exact) mass is 299 g/mol. The van der Waals surface area contributed by atoms with Gasteiger partial charge in [-0.25, -0.2) is 0 Å². The molecule has 6 heteroatoms. The third kappa shape index (κ3) is 8.02. The molecule has 1 saturated carbocycles. The Morgan fingerprint density at radius 2 is 1.90 bits per heavy atom. The predicted molar refractivity (Wildman–Crippen MR) is 82.0 cm³/mol. The molecule has 0 spiro atoms. The summed E-state index contributed by atoms with van der Waals surface area (Å²) in [6, 6.07) is 0.0616. The first-order chi connectivity index (χ1) is 10.1. The number of ether oxygens (including phenoxy) is 1. The van der Waals surface area contributed by atoms with Gasteiger partial charge in [0, 0.05) is 32.7 Å². The number of methoxy groups -OCH3 is 1. The lowest BCUT2D eigenvalue weighted by Gasteiger charge is -2.24. The molecule has 0 heterocycles. The van der Waals surface area contributed by atoms with Gasteiger partial charge in [-0.1, -0.05) is 19.3 Å². The van der Waals surface area contributed by atoms with Crippen LogP contribution in [0.5, 0.6) is 0 Å². The lowest BCUT2D eigenvalue weighted by molar-refractivity contribution is -0.124. The average molecular weight is 299 g/mol. The topological polar surface area (TPSA) is 79.5 Å². The number of carbonyl (C=O) groups excluding carboxylic acids is 2. The van der Waals surface area contributed by atoms with Crippen molar-refractivity contribution < 1.29 is 14.3 Å². The molecule has 1 unspecified atom stereocenters. The van der Waals surface area contributed by atoms with Crippen LogP contribution in [0.3, 0.4) is 0 Å². The number of hydrogen-bond acceptors (Lipinski definition) is 4. The minimum atomic E-state index is -0.265. The van der Waals surface area contributed by atoms with E-state index in [1.54, 1.807) is 7.11 Å². The zero-order valence-corrected chi connectivity index (χ0v) is 13.2. The molecule has 21 heavy (non-hydrogen) atoms. The van der Waals surface area contributed by atoms with Crippen LogP contribution in [0.25, 0.3) is 0 Å². The van der Waals surface area contributed by atoms with Crippen molar-refractivity contribution in [2.75, 3.05) is 26.8 Å². The lowest BCUT2D eigenvalue weighted by Crippen LogP contribution is -2.47. The molecule has 122 valence electrons. The quantitative estimate of drug-likeness (QED) is 0.544. The summed E-state index contributed by atoms with van der Waals surface area (Å²) in [6.45, 7) is 3.37. The summed E-state index contributed by atoms with van der Waals surface area (Å²) in [5.41, 5.74) is 0. The molecule has 0 aliphatic heterocycles. The molecule has 0 aromatic heterocycles. The van der Waals surface area contributed by atoms with E-state index < -0.39 is 0 Å². The second-order valence-corrected chi connectivity index (χ2v) is 5.61. The summed E-state index contributed by atoms with van der Waals surface area (Å²) < 4.78 is 4.86. The molecule has 1 aliphatic rings. The first-order valence-corrected chi connectivity index (χ1v) is 7.93. The normalized spacial score (nSPS) is 17.2. The summed E-state index contributed by atoms with van der Waals surface area (Å²) in [5, 5.41) is 8.92. The molecule has 0 saturated heterocycles. The van der Waals surface area contributed by atoms with E-state index in [2.05, 4.69) is 16.0 Å². The summed E-state index contributed by atoms with van der Waals surface area (Å²) in [4.78, 5) is 23.5. The fourth-order valence-electron chi connectivity index (χ4n) is 2.45. The molecule has 1 rings (SSSR count). The van der Waals surface area contributed by atoms with Crippen molar-refractivity contribution in [1.29, 1.82) is 0 Å². The summed E-state index contributed by atoms with van der Waals surface area (Å²) >= 11 is 0. The minimum Gasteiger partial charge on any atom is -0.383 e. The minimum absolute atomic E-state index is 0.0283. The van der Waals surface area contributed by atoms with Gasteiger partial charge < -0.3 is 20.7 Å². The van der Waals surface area contributed by atoms with Crippen LogP contribution in [0, 0.1) is 0 Å². The van der Waals surface area contributed by atoms with Crippen LogP contribution in [-0.4, -0.2) is 50.7 Å². The molecule has 0 aromatic rings. The van der Waals surface area contributed by atoms with Crippen molar-refractivity contribution in [2.45, 2.75) is 57.5 Å². The van der Waals surface area contributed by atoms with E-state index in [0.29, 0.717) is 32.2 Å². The molecule has 2 amide bonds. The Labute approximate surface area is 127 Å². The third-order valence-electron chi connectivity index (χ3n) is 3.78. The zero-order chi connectivity index (χ0) is 15.5. The standard InChI is InChI=1S/C15H29N3O3/c1-12(15(20)18-13-6-4-3-5-7-13)16-9-8-14(19)17-10-11-21-2/h12-13,16H,3-11H2,1-2H3,(H,17,19)(H,18,20). The summed E-state index contributed by atoms with van der Waals surface area (Å²) in [7, 11) is 1.60. The van der Waals surface area contributed by atoms with E-state index in [-0.39, 0.29) is 17.9 Å². The van der Waals surface area contributed by atoms with E-state index in [1.807, 2.05) is 6.92 Å². The average Bonchev–Trinajstić information content (AvgIpc) is 2.48. The first kappa shape index (κ1) is 17.9. The van der Waals surface area contributed by atoms with Gasteiger partial charge in [0.1, 0.15) is 0 Å². The Morgan fingerprint density at radius 3 is 2.57 bits per heavy atom. The van der Waals surface area contributed by atoms with Crippen LogP contribution in [-0.2, 0) is 14.3 Å². The van der Waals surface area contributed by atoms with E-state index in [1.165, 1.54) is 19.3 Å². The van der Waals surface area contributed by atoms with E-state index in [4.69, 9.17) is 4.74 Å². The van der Waals surface area contributed by atoms with Gasteiger partial charge in [0.25, 0.3) is 0 Å². The summed E-state index contributed by atoms with van der Waals surface area (Å²) in [5.74, 6) is 0.00105. The highest BCUT2D eigenvalue weighted by Gasteiger charge is 2.19. The molecule has 0 aromatic carbocycles. The molecular formula is C15H29N3O3. The molecule has 0 bridgehead atoms. The van der Waals surface area contributed by atoms with E-state index >= 15 is 0 Å². The molecule has 3 N–H and O–H groups in total. The van der Waals surface area contributed by atoms with Gasteiger partial charge in [-0.2, -0.15) is 0 Å². The maximum Gasteiger partial charge on any atom is 0.237 e. The fourth-order valence-corrected chi connectivity index (χ4v) is 2.45. The Hall–Kier alpha value is -1.14. The maximum absolute atomic E-state index is 12.0. The van der Waals surface area contributed by atoms with Crippen LogP contribution >= 0.6 is 0 Å². The smallest absolute Gasteiger partial charge is 0.237 e. The van der Waals surface area contributed by atoms with Gasteiger partial charge in [0.05, 0.1) is 12.6 Å². The van der Waals surface area contributed by atoms with Gasteiger partial charge in [0.15, 0.2) is 0 Å². The number of nitrogens with one attached hydrogen (secondary N) is 3. The van der Waals surface area contributed by atoms with Crippen LogP contribution < -0.4 is 16.0 Å². The summed E-state index contributed by atoms with van der Waals surface area (Å²) in [6.07, 6.45) is 6.21. The van der Waals surface area contributed by atoms with E-state index in [9.17, 15) is 9.59 Å². The lowest BCUT2D eigenvalue weighted by atomic mass is 9.95. The molecule has 1 atom stereocenters. The third-order valence-corrected chi connectivity index (χ3v) is 3.78. The largest absolute Gasteiger partial charge is 0.383 e. The molecule has 1 fully saturated rings. The van der Waals surface area contributed by atoms with Gasteiger partial charge in [0.2, 0.25) is 11.8 Å². The Morgan fingerprint density at radius 1 is 1.19 bits per heavy atom. The zero-order valence-electron chi connectivity index (χ0n) is 13.2. The van der Waals surface area contributed by atoms with Crippen molar-refractivity contribution in [3.8, 4) is 0 Å². The second kappa shape index (κ2) is 10.6. The van der Waals surface area contributed by atoms with Crippen molar-refractivity contribution in [1.82, 2.24) is 16.0 Å². The maximum atomic E-state index is 12.0. The Kier molecular flexibility index (Phi) is 9.01. The number of hydrogen-bond donors (Lipinski definition) is 3. The van der Waals surface area contributed by atoms with Crippen molar-refractivity contribution in [3.05, 3.63) is 0 Å². The van der Waals surface area contributed by atoms with Gasteiger partial charge in [-0.15, -0.1) is 0 Å². The van der Waals surface area contributed by atoms with Crippen LogP contribution in [0.4, 0.5) is 0 Å². The van der Waals surface area contributed by atoms with Gasteiger partial charge in [-0.3, -0.25) is 9.59 Å². The highest BCUT2D eigenvalue weighted by atomic mass is 16.5. The van der Waals surface area contributed by atoms with Crippen LogP contribution in [0.2, 0.25) is 0 Å². The number of carbonyl (C=O) groups is 2. The van der Waals surface area contributed by atoms with Crippen molar-refractivity contribution >= 4 is 11.8 Å². The molecule has 6 nitrogen and oxygen atoms in total. The van der Waals surface area contributed by atoms with Crippen molar-refractivity contribution in [2.24, 2.45) is 0 Å². The van der Waals surface area contributed by atoms with Gasteiger partial charge in [-0.05, 0) is 19.8 Å². The molecule has 0 radical (unpaired) electrons. The number of amides is 2. The van der Waals surface area contributed by atoms with Crippen LogP contribution in [0.1, 0.15) is 45.4 Å². The highest BCUT2D eigenvalue weighted by molar-refractivity contribution is 5.81. The van der Waals surface area contributed by atoms with Crippen LogP contribution in [0.15, 0.2) is 0 Å². The highest BCUT2D eigenvalue weighted by Crippen LogP contribution is 2.17. The second-order valence-electron chi connectivity index (χ2n) is 5.61. The molecular weight excluding hydrogens is 270 g/mol. The first-order valence-electron chi connectivity index (χ1n) is 7.93. The van der Waals surface area contributed by atoms with Crippen molar-refractivity contribution in [3.63, 3.8) is 0 Å². The van der Waals surface area contributed by atoms with Gasteiger partial charge >= 0.3 is 0 Å². The Bertz CT molecular complexity index is 317. The van der Waals surface area contributed by atoms with E-state index in [0.717, 1.165) is 12.8 Å². The number of rotatable bonds is 9. The Balaban J connectivity index is 2.10. The molecule has 1 aliphatic carbocycles. The SMILES string of the molecule is COCCNC(=O)CCNC(C)C(=O)NC1CCCCC1. The fraction of sp³-hybridized carbons (Fsp3) is 0.867.